The molecule has 2 aromatic carbocycles. The minimum atomic E-state index is -0.453. The third-order valence-corrected chi connectivity index (χ3v) is 4.41. The highest BCUT2D eigenvalue weighted by Gasteiger charge is 2.13. The second-order valence-corrected chi connectivity index (χ2v) is 6.42. The highest BCUT2D eigenvalue weighted by Crippen LogP contribution is 2.33. The van der Waals surface area contributed by atoms with Crippen molar-refractivity contribution < 1.29 is 18.7 Å². The van der Waals surface area contributed by atoms with E-state index in [1.165, 1.54) is 19.2 Å². The molecule has 0 radical (unpaired) electrons. The Labute approximate surface area is 168 Å². The van der Waals surface area contributed by atoms with E-state index < -0.39 is 5.82 Å². The summed E-state index contributed by atoms with van der Waals surface area (Å²) in [6.45, 7) is 0.648. The van der Waals surface area contributed by atoms with Crippen molar-refractivity contribution in [3.8, 4) is 17.2 Å². The van der Waals surface area contributed by atoms with E-state index in [2.05, 4.69) is 10.4 Å². The number of benzene rings is 2. The first kappa shape index (κ1) is 20.3. The van der Waals surface area contributed by atoms with Gasteiger partial charge in [0.05, 0.1) is 7.11 Å². The first-order valence-corrected chi connectivity index (χ1v) is 9.10. The lowest BCUT2D eigenvalue weighted by Gasteiger charge is -2.13. The Morgan fingerprint density at radius 1 is 1.21 bits per heavy atom. The third-order valence-electron chi connectivity index (χ3n) is 4.41. The van der Waals surface area contributed by atoms with E-state index in [1.54, 1.807) is 35.1 Å². The van der Waals surface area contributed by atoms with Crippen LogP contribution >= 0.6 is 0 Å². The number of ether oxygens (including phenoxy) is 2. The number of carbonyl (C=O) groups excluding carboxylic acids is 1. The molecule has 0 atom stereocenters. The molecule has 0 saturated heterocycles. The van der Waals surface area contributed by atoms with Gasteiger partial charge in [-0.15, -0.1) is 0 Å². The zero-order valence-corrected chi connectivity index (χ0v) is 16.3. The maximum absolute atomic E-state index is 13.8. The second-order valence-electron chi connectivity index (χ2n) is 6.42. The van der Waals surface area contributed by atoms with Crippen molar-refractivity contribution in [1.82, 2.24) is 15.1 Å². The minimum Gasteiger partial charge on any atom is -0.493 e. The molecular weight excluding hydrogens is 375 g/mol. The van der Waals surface area contributed by atoms with Gasteiger partial charge in [-0.25, -0.2) is 4.39 Å². The lowest BCUT2D eigenvalue weighted by Crippen LogP contribution is -2.26. The molecule has 0 fully saturated rings. The van der Waals surface area contributed by atoms with Crippen LogP contribution in [0.4, 0.5) is 4.39 Å². The molecule has 0 unspecified atom stereocenters. The first-order chi connectivity index (χ1) is 14.0. The average molecular weight is 398 g/mol. The number of rotatable bonds is 8. The van der Waals surface area contributed by atoms with Crippen molar-refractivity contribution >= 4 is 5.91 Å². The molecule has 0 aliphatic carbocycles. The van der Waals surface area contributed by atoms with Gasteiger partial charge in [-0.05, 0) is 42.0 Å². The predicted molar refractivity (Wildman–Crippen MR) is 107 cm³/mol. The van der Waals surface area contributed by atoms with E-state index in [9.17, 15) is 9.18 Å². The Morgan fingerprint density at radius 2 is 2.03 bits per heavy atom. The molecule has 152 valence electrons. The number of hydrogen-bond donors (Lipinski definition) is 2. The fourth-order valence-corrected chi connectivity index (χ4v) is 2.87. The summed E-state index contributed by atoms with van der Waals surface area (Å²) >= 11 is 0. The minimum absolute atomic E-state index is 0.185. The molecule has 3 aromatic rings. The molecule has 1 amide bonds. The van der Waals surface area contributed by atoms with Crippen molar-refractivity contribution in [2.45, 2.75) is 13.0 Å². The van der Waals surface area contributed by atoms with E-state index in [1.807, 2.05) is 13.1 Å². The van der Waals surface area contributed by atoms with Crippen LogP contribution in [0.3, 0.4) is 0 Å². The second kappa shape index (κ2) is 9.20. The van der Waals surface area contributed by atoms with Gasteiger partial charge in [-0.1, -0.05) is 0 Å². The van der Waals surface area contributed by atoms with Crippen molar-refractivity contribution in [2.24, 2.45) is 12.8 Å². The summed E-state index contributed by atoms with van der Waals surface area (Å²) < 4.78 is 26.6. The Balaban J connectivity index is 1.73. The maximum Gasteiger partial charge on any atom is 0.251 e. The molecule has 8 heteroatoms. The number of methoxy groups -OCH3 is 1. The highest BCUT2D eigenvalue weighted by molar-refractivity contribution is 5.94. The third kappa shape index (κ3) is 5.11. The maximum atomic E-state index is 13.8. The van der Waals surface area contributed by atoms with Gasteiger partial charge in [0.2, 0.25) is 0 Å². The number of amides is 1. The lowest BCUT2D eigenvalue weighted by atomic mass is 10.1. The first-order valence-electron chi connectivity index (χ1n) is 9.10. The summed E-state index contributed by atoms with van der Waals surface area (Å²) in [4.78, 5) is 12.5. The van der Waals surface area contributed by atoms with Gasteiger partial charge in [0.15, 0.2) is 11.5 Å². The molecule has 1 aromatic heterocycles. The van der Waals surface area contributed by atoms with Crippen LogP contribution in [0.25, 0.3) is 0 Å². The van der Waals surface area contributed by atoms with Gasteiger partial charge < -0.3 is 20.5 Å². The van der Waals surface area contributed by atoms with Gasteiger partial charge in [0, 0.05) is 50.1 Å². The standard InChI is InChI=1S/C21H23FN4O3/c1-26-17(6-8-25-26)5-7-24-21(27)15-3-4-19(28-2)20(11-15)29-18-10-14(13-23)9-16(22)12-18/h3-4,6,8-12H,5,7,13,23H2,1-2H3,(H,24,27). The predicted octanol–water partition coefficient (Wildman–Crippen LogP) is 2.79. The highest BCUT2D eigenvalue weighted by atomic mass is 19.1. The number of aromatic nitrogens is 2. The fraction of sp³-hybridized carbons (Fsp3) is 0.238. The van der Waals surface area contributed by atoms with Gasteiger partial charge in [-0.2, -0.15) is 5.10 Å². The van der Waals surface area contributed by atoms with Crippen LogP contribution in [0.5, 0.6) is 17.2 Å². The van der Waals surface area contributed by atoms with Crippen molar-refractivity contribution in [3.05, 3.63) is 71.3 Å². The van der Waals surface area contributed by atoms with Crippen LogP contribution in [0.15, 0.2) is 48.7 Å². The van der Waals surface area contributed by atoms with Crippen molar-refractivity contribution in [3.63, 3.8) is 0 Å². The normalized spacial score (nSPS) is 10.6. The number of halogens is 1. The zero-order valence-electron chi connectivity index (χ0n) is 16.3. The van der Waals surface area contributed by atoms with Crippen LogP contribution in [0.2, 0.25) is 0 Å². The smallest absolute Gasteiger partial charge is 0.251 e. The molecule has 0 aliphatic heterocycles. The van der Waals surface area contributed by atoms with E-state index in [0.717, 1.165) is 5.69 Å². The molecule has 7 nitrogen and oxygen atoms in total. The number of aryl methyl sites for hydroxylation is 1. The molecule has 0 aliphatic rings. The van der Waals surface area contributed by atoms with Crippen molar-refractivity contribution in [1.29, 1.82) is 0 Å². The SMILES string of the molecule is COc1ccc(C(=O)NCCc2ccnn2C)cc1Oc1cc(F)cc(CN)c1. The van der Waals surface area contributed by atoms with E-state index in [-0.39, 0.29) is 18.2 Å². The van der Waals surface area contributed by atoms with Gasteiger partial charge >= 0.3 is 0 Å². The summed E-state index contributed by atoms with van der Waals surface area (Å²) in [7, 11) is 3.35. The lowest BCUT2D eigenvalue weighted by molar-refractivity contribution is 0.0953. The topological polar surface area (TPSA) is 91.4 Å². The molecule has 3 rings (SSSR count). The molecule has 3 N–H and O–H groups in total. The molecule has 0 spiro atoms. The Bertz CT molecular complexity index is 1000. The number of carbonyl (C=O) groups is 1. The van der Waals surface area contributed by atoms with Gasteiger partial charge in [0.1, 0.15) is 11.6 Å². The summed E-state index contributed by atoms with van der Waals surface area (Å²) in [6, 6.07) is 11.0. The number of nitrogens with zero attached hydrogens (tertiary/aromatic N) is 2. The summed E-state index contributed by atoms with van der Waals surface area (Å²) in [5.41, 5.74) is 7.61. The van der Waals surface area contributed by atoms with E-state index >= 15 is 0 Å². The Kier molecular flexibility index (Phi) is 6.46. The Hall–Kier alpha value is -3.39. The van der Waals surface area contributed by atoms with Crippen LogP contribution < -0.4 is 20.5 Å². The molecular formula is C21H23FN4O3. The van der Waals surface area contributed by atoms with Crippen LogP contribution in [-0.2, 0) is 20.0 Å². The number of nitrogens with two attached hydrogens (primary N) is 1. The average Bonchev–Trinajstić information content (AvgIpc) is 3.12. The largest absolute Gasteiger partial charge is 0.493 e. The van der Waals surface area contributed by atoms with Crippen LogP contribution in [-0.4, -0.2) is 29.3 Å². The number of nitrogens with one attached hydrogen (secondary N) is 1. The van der Waals surface area contributed by atoms with Gasteiger partial charge in [-0.3, -0.25) is 9.48 Å². The monoisotopic (exact) mass is 398 g/mol. The summed E-state index contributed by atoms with van der Waals surface area (Å²) in [6.07, 6.45) is 2.37. The van der Waals surface area contributed by atoms with Crippen molar-refractivity contribution in [2.75, 3.05) is 13.7 Å². The van der Waals surface area contributed by atoms with Gasteiger partial charge in [0.25, 0.3) is 5.91 Å². The Morgan fingerprint density at radius 3 is 2.72 bits per heavy atom. The van der Waals surface area contributed by atoms with Crippen LogP contribution in [0, 0.1) is 5.82 Å². The zero-order chi connectivity index (χ0) is 20.8. The molecule has 0 bridgehead atoms. The van der Waals surface area contributed by atoms with E-state index in [0.29, 0.717) is 35.6 Å². The summed E-state index contributed by atoms with van der Waals surface area (Å²) in [5, 5.41) is 6.97. The fourth-order valence-electron chi connectivity index (χ4n) is 2.87. The van der Waals surface area contributed by atoms with E-state index in [4.69, 9.17) is 15.2 Å². The molecule has 29 heavy (non-hydrogen) atoms. The quantitative estimate of drug-likeness (QED) is 0.609. The number of hydrogen-bond acceptors (Lipinski definition) is 5. The molecule has 1 heterocycles. The van der Waals surface area contributed by atoms with Crippen LogP contribution in [0.1, 0.15) is 21.6 Å². The summed E-state index contributed by atoms with van der Waals surface area (Å²) in [5.74, 6) is 0.306. The molecule has 0 saturated carbocycles.